The van der Waals surface area contributed by atoms with Gasteiger partial charge in [0.05, 0.1) is 21.3 Å². The van der Waals surface area contributed by atoms with Crippen LogP contribution < -0.4 is 5.32 Å². The Balaban J connectivity index is 1.53. The number of carbonyl (C=O) groups is 2. The molecule has 3 rings (SSSR count). The van der Waals surface area contributed by atoms with Crippen molar-refractivity contribution < 1.29 is 9.59 Å². The fourth-order valence-electron chi connectivity index (χ4n) is 3.31. The first-order chi connectivity index (χ1) is 13.4. The van der Waals surface area contributed by atoms with Crippen molar-refractivity contribution in [2.45, 2.75) is 32.9 Å². The number of benzene rings is 1. The lowest BCUT2D eigenvalue weighted by molar-refractivity contribution is -0.132. The largest absolute Gasteiger partial charge is 0.340 e. The summed E-state index contributed by atoms with van der Waals surface area (Å²) in [6.45, 7) is 7.61. The number of nitrogens with one attached hydrogen (secondary N) is 1. The normalized spacial score (nSPS) is 16.5. The second-order valence-corrected chi connectivity index (χ2v) is 8.46. The summed E-state index contributed by atoms with van der Waals surface area (Å²) in [5, 5.41) is 6.32. The summed E-state index contributed by atoms with van der Waals surface area (Å²) >= 11 is 7.73. The average molecular weight is 421 g/mol. The van der Waals surface area contributed by atoms with Crippen LogP contribution in [0.5, 0.6) is 0 Å². The van der Waals surface area contributed by atoms with Crippen LogP contribution in [0.4, 0.5) is 0 Å². The van der Waals surface area contributed by atoms with Gasteiger partial charge in [0.25, 0.3) is 5.91 Å². The summed E-state index contributed by atoms with van der Waals surface area (Å²) in [5.74, 6) is -0.395. The van der Waals surface area contributed by atoms with E-state index in [9.17, 15) is 9.59 Å². The smallest absolute Gasteiger partial charge is 0.253 e. The van der Waals surface area contributed by atoms with Crippen LogP contribution in [0.15, 0.2) is 29.6 Å². The molecule has 0 aliphatic carbocycles. The van der Waals surface area contributed by atoms with Crippen LogP contribution >= 0.6 is 22.9 Å². The molecule has 2 aromatic rings. The predicted molar refractivity (Wildman–Crippen MR) is 112 cm³/mol. The van der Waals surface area contributed by atoms with Gasteiger partial charge in [0.15, 0.2) is 0 Å². The molecule has 1 aliphatic rings. The van der Waals surface area contributed by atoms with Crippen molar-refractivity contribution >= 4 is 34.8 Å². The van der Waals surface area contributed by atoms with Gasteiger partial charge in [0, 0.05) is 38.1 Å². The molecule has 1 unspecified atom stereocenters. The lowest BCUT2D eigenvalue weighted by atomic mass is 10.2. The molecule has 2 heterocycles. The van der Waals surface area contributed by atoms with Crippen molar-refractivity contribution in [1.29, 1.82) is 0 Å². The Morgan fingerprint density at radius 3 is 2.75 bits per heavy atom. The molecule has 1 aromatic heterocycles. The highest BCUT2D eigenvalue weighted by Gasteiger charge is 2.25. The Labute approximate surface area is 174 Å². The van der Waals surface area contributed by atoms with Gasteiger partial charge in [-0.2, -0.15) is 0 Å². The van der Waals surface area contributed by atoms with Gasteiger partial charge in [-0.3, -0.25) is 14.5 Å². The van der Waals surface area contributed by atoms with Crippen LogP contribution in [0.2, 0.25) is 5.02 Å². The van der Waals surface area contributed by atoms with E-state index in [1.807, 2.05) is 11.8 Å². The number of aromatic nitrogens is 1. The number of rotatable bonds is 5. The summed E-state index contributed by atoms with van der Waals surface area (Å²) in [5.41, 5.74) is 1.46. The first kappa shape index (κ1) is 20.8. The highest BCUT2D eigenvalue weighted by molar-refractivity contribution is 7.09. The van der Waals surface area contributed by atoms with Crippen LogP contribution in [0, 0.1) is 6.92 Å². The number of halogens is 1. The third kappa shape index (κ3) is 5.31. The van der Waals surface area contributed by atoms with Crippen molar-refractivity contribution in [2.24, 2.45) is 0 Å². The van der Waals surface area contributed by atoms with Gasteiger partial charge in [-0.05, 0) is 32.4 Å². The van der Waals surface area contributed by atoms with Crippen molar-refractivity contribution in [2.75, 3.05) is 26.2 Å². The van der Waals surface area contributed by atoms with Gasteiger partial charge in [-0.25, -0.2) is 4.98 Å². The van der Waals surface area contributed by atoms with E-state index < -0.39 is 6.04 Å². The van der Waals surface area contributed by atoms with E-state index >= 15 is 0 Å². The molecule has 0 spiro atoms. The highest BCUT2D eigenvalue weighted by Crippen LogP contribution is 2.15. The molecule has 2 amide bonds. The maximum Gasteiger partial charge on any atom is 0.253 e. The Hall–Kier alpha value is -1.96. The second-order valence-electron chi connectivity index (χ2n) is 6.99. The van der Waals surface area contributed by atoms with Crippen LogP contribution in [0.1, 0.15) is 34.4 Å². The maximum atomic E-state index is 12.8. The van der Waals surface area contributed by atoms with Gasteiger partial charge in [0.1, 0.15) is 6.04 Å². The van der Waals surface area contributed by atoms with Gasteiger partial charge < -0.3 is 10.2 Å². The number of aryl methyl sites for hydroxylation is 1. The number of thiazole rings is 1. The van der Waals surface area contributed by atoms with Crippen LogP contribution in [-0.2, 0) is 11.3 Å². The summed E-state index contributed by atoms with van der Waals surface area (Å²) in [4.78, 5) is 33.9. The number of hydrogen-bond acceptors (Lipinski definition) is 5. The molecule has 1 aromatic carbocycles. The Bertz CT molecular complexity index is 841. The molecule has 1 aliphatic heterocycles. The van der Waals surface area contributed by atoms with Crippen molar-refractivity contribution in [3.05, 3.63) is 50.9 Å². The molecule has 0 radical (unpaired) electrons. The van der Waals surface area contributed by atoms with E-state index in [1.165, 1.54) is 0 Å². The summed E-state index contributed by atoms with van der Waals surface area (Å²) in [6, 6.07) is 6.23. The number of carbonyl (C=O) groups excluding carboxylic acids is 2. The molecule has 0 saturated carbocycles. The molecule has 28 heavy (non-hydrogen) atoms. The maximum absolute atomic E-state index is 12.8. The van der Waals surface area contributed by atoms with Gasteiger partial charge in [-0.1, -0.05) is 23.7 Å². The van der Waals surface area contributed by atoms with E-state index in [2.05, 4.69) is 20.6 Å². The Morgan fingerprint density at radius 2 is 2.04 bits per heavy atom. The molecule has 0 bridgehead atoms. The van der Waals surface area contributed by atoms with Crippen molar-refractivity contribution in [1.82, 2.24) is 20.1 Å². The van der Waals surface area contributed by atoms with Crippen molar-refractivity contribution in [3.63, 3.8) is 0 Å². The number of nitrogens with zero attached hydrogens (tertiary/aromatic N) is 3. The van der Waals surface area contributed by atoms with Crippen LogP contribution in [0.25, 0.3) is 0 Å². The van der Waals surface area contributed by atoms with Crippen molar-refractivity contribution in [3.8, 4) is 0 Å². The van der Waals surface area contributed by atoms with E-state index in [0.29, 0.717) is 23.7 Å². The molecule has 6 nitrogen and oxygen atoms in total. The van der Waals surface area contributed by atoms with E-state index in [0.717, 1.165) is 36.8 Å². The van der Waals surface area contributed by atoms with E-state index in [4.69, 9.17) is 11.6 Å². The van der Waals surface area contributed by atoms with Gasteiger partial charge >= 0.3 is 0 Å². The zero-order valence-corrected chi connectivity index (χ0v) is 17.7. The van der Waals surface area contributed by atoms with E-state index in [-0.39, 0.29) is 11.8 Å². The van der Waals surface area contributed by atoms with Crippen LogP contribution in [0.3, 0.4) is 0 Å². The second kappa shape index (κ2) is 9.49. The Morgan fingerprint density at radius 1 is 1.25 bits per heavy atom. The minimum Gasteiger partial charge on any atom is -0.340 e. The lowest BCUT2D eigenvalue weighted by Gasteiger charge is -2.25. The highest BCUT2D eigenvalue weighted by atomic mass is 35.5. The average Bonchev–Trinajstić information content (AvgIpc) is 2.94. The molecular formula is C20H25ClN4O2S. The van der Waals surface area contributed by atoms with Crippen LogP contribution in [-0.4, -0.2) is 58.8 Å². The monoisotopic (exact) mass is 420 g/mol. The molecule has 1 saturated heterocycles. The zero-order chi connectivity index (χ0) is 20.1. The minimum absolute atomic E-state index is 0.0632. The fraction of sp³-hybridized carbons (Fsp3) is 0.450. The molecular weight excluding hydrogens is 396 g/mol. The topological polar surface area (TPSA) is 65.5 Å². The summed E-state index contributed by atoms with van der Waals surface area (Å²) < 4.78 is 0. The SMILES string of the molecule is Cc1nc(CN2CCCN(C(=O)C(C)NC(=O)c3ccccc3Cl)CC2)cs1. The molecule has 150 valence electrons. The first-order valence-electron chi connectivity index (χ1n) is 9.41. The Kier molecular flexibility index (Phi) is 7.04. The third-order valence-electron chi connectivity index (χ3n) is 4.79. The molecule has 1 atom stereocenters. The summed E-state index contributed by atoms with van der Waals surface area (Å²) in [6.07, 6.45) is 0.903. The number of hydrogen-bond donors (Lipinski definition) is 1. The molecule has 1 N–H and O–H groups in total. The fourth-order valence-corrected chi connectivity index (χ4v) is 4.14. The molecule has 8 heteroatoms. The number of amides is 2. The minimum atomic E-state index is -0.600. The zero-order valence-electron chi connectivity index (χ0n) is 16.2. The standard InChI is InChI=1S/C20H25ClN4O2S/c1-14(22-19(26)17-6-3-4-7-18(17)21)20(27)25-9-5-8-24(10-11-25)12-16-13-28-15(2)23-16/h3-4,6-7,13-14H,5,8-12H2,1-2H3,(H,22,26). The van der Waals surface area contributed by atoms with E-state index in [1.54, 1.807) is 42.5 Å². The molecule has 1 fully saturated rings. The predicted octanol–water partition coefficient (Wildman–Crippen LogP) is 2.96. The summed E-state index contributed by atoms with van der Waals surface area (Å²) in [7, 11) is 0. The van der Waals surface area contributed by atoms with Gasteiger partial charge in [0.2, 0.25) is 5.91 Å². The third-order valence-corrected chi connectivity index (χ3v) is 5.94. The quantitative estimate of drug-likeness (QED) is 0.807. The lowest BCUT2D eigenvalue weighted by Crippen LogP contribution is -2.48. The first-order valence-corrected chi connectivity index (χ1v) is 10.7. The van der Waals surface area contributed by atoms with Gasteiger partial charge in [-0.15, -0.1) is 11.3 Å².